The second-order valence-corrected chi connectivity index (χ2v) is 6.90. The van der Waals surface area contributed by atoms with Gasteiger partial charge in [-0.3, -0.25) is 14.6 Å². The molecule has 3 aliphatic heterocycles. The Morgan fingerprint density at radius 3 is 2.95 bits per heavy atom. The van der Waals surface area contributed by atoms with Crippen molar-refractivity contribution in [2.45, 2.75) is 51.6 Å². The van der Waals surface area contributed by atoms with Crippen LogP contribution in [0, 0.1) is 11.8 Å². The fourth-order valence-corrected chi connectivity index (χ4v) is 4.47. The lowest BCUT2D eigenvalue weighted by molar-refractivity contribution is -0.125. The Labute approximate surface area is 122 Å². The standard InChI is InChI=1S/C16H29N3O/c1-3-7-17-16(20)12(2)19-10-13-9-18-8-5-4-6-15(18)14(13)11-19/h12-15H,3-11H2,1-2H3,(H,17,20)/t12-,13-,14-,15-/m0/s1. The monoisotopic (exact) mass is 279 g/mol. The summed E-state index contributed by atoms with van der Waals surface area (Å²) in [4.78, 5) is 17.3. The first-order valence-corrected chi connectivity index (χ1v) is 8.46. The van der Waals surface area contributed by atoms with Gasteiger partial charge in [0.2, 0.25) is 5.91 Å². The summed E-state index contributed by atoms with van der Waals surface area (Å²) in [6.45, 7) is 9.82. The second-order valence-electron chi connectivity index (χ2n) is 6.90. The molecule has 0 aromatic carbocycles. The summed E-state index contributed by atoms with van der Waals surface area (Å²) < 4.78 is 0. The third kappa shape index (κ3) is 2.60. The Hall–Kier alpha value is -0.610. The number of likely N-dealkylation sites (tertiary alicyclic amines) is 1. The molecule has 0 aromatic heterocycles. The van der Waals surface area contributed by atoms with Gasteiger partial charge in [0.05, 0.1) is 6.04 Å². The molecule has 3 heterocycles. The predicted molar refractivity (Wildman–Crippen MR) is 80.5 cm³/mol. The number of nitrogens with one attached hydrogen (secondary N) is 1. The van der Waals surface area contributed by atoms with E-state index in [9.17, 15) is 4.79 Å². The van der Waals surface area contributed by atoms with E-state index in [1.54, 1.807) is 0 Å². The largest absolute Gasteiger partial charge is 0.355 e. The number of piperidine rings is 1. The molecule has 114 valence electrons. The summed E-state index contributed by atoms with van der Waals surface area (Å²) in [6.07, 6.45) is 5.18. The summed E-state index contributed by atoms with van der Waals surface area (Å²) in [6, 6.07) is 0.855. The van der Waals surface area contributed by atoms with Crippen LogP contribution in [-0.2, 0) is 4.79 Å². The number of carbonyl (C=O) groups is 1. The molecule has 1 amide bonds. The SMILES string of the molecule is CCCNC(=O)[C@H](C)N1C[C@@H]2CN3CCCC[C@H]3[C@H]2C1. The van der Waals surface area contributed by atoms with Crippen LogP contribution in [0.1, 0.15) is 39.5 Å². The molecule has 0 bridgehead atoms. The van der Waals surface area contributed by atoms with Crippen molar-refractivity contribution in [3.63, 3.8) is 0 Å². The number of hydrogen-bond donors (Lipinski definition) is 1. The first-order valence-electron chi connectivity index (χ1n) is 8.46. The molecule has 0 unspecified atom stereocenters. The Morgan fingerprint density at radius 2 is 2.15 bits per heavy atom. The molecule has 0 spiro atoms. The molecule has 3 rings (SSSR count). The molecule has 4 heteroatoms. The molecule has 0 saturated carbocycles. The quantitative estimate of drug-likeness (QED) is 0.843. The van der Waals surface area contributed by atoms with Gasteiger partial charge in [0.25, 0.3) is 0 Å². The van der Waals surface area contributed by atoms with Crippen molar-refractivity contribution in [1.29, 1.82) is 0 Å². The highest BCUT2D eigenvalue weighted by molar-refractivity contribution is 5.81. The molecule has 20 heavy (non-hydrogen) atoms. The van der Waals surface area contributed by atoms with Crippen molar-refractivity contribution in [3.05, 3.63) is 0 Å². The van der Waals surface area contributed by atoms with Crippen LogP contribution < -0.4 is 5.32 Å². The minimum absolute atomic E-state index is 0.0455. The van der Waals surface area contributed by atoms with E-state index in [-0.39, 0.29) is 11.9 Å². The maximum atomic E-state index is 12.1. The van der Waals surface area contributed by atoms with Crippen LogP contribution in [0.3, 0.4) is 0 Å². The van der Waals surface area contributed by atoms with Crippen LogP contribution in [0.5, 0.6) is 0 Å². The Kier molecular flexibility index (Phi) is 4.32. The van der Waals surface area contributed by atoms with Gasteiger partial charge < -0.3 is 5.32 Å². The maximum Gasteiger partial charge on any atom is 0.237 e. The van der Waals surface area contributed by atoms with Gasteiger partial charge in [0.15, 0.2) is 0 Å². The normalized spacial score (nSPS) is 35.6. The summed E-state index contributed by atoms with van der Waals surface area (Å²) >= 11 is 0. The number of amides is 1. The molecule has 1 N–H and O–H groups in total. The van der Waals surface area contributed by atoms with Gasteiger partial charge in [0, 0.05) is 32.2 Å². The van der Waals surface area contributed by atoms with E-state index < -0.39 is 0 Å². The van der Waals surface area contributed by atoms with Crippen molar-refractivity contribution in [2.24, 2.45) is 11.8 Å². The number of rotatable bonds is 4. The fraction of sp³-hybridized carbons (Fsp3) is 0.938. The molecule has 4 nitrogen and oxygen atoms in total. The van der Waals surface area contributed by atoms with Crippen LogP contribution in [0.4, 0.5) is 0 Å². The van der Waals surface area contributed by atoms with Crippen LogP contribution in [0.2, 0.25) is 0 Å². The van der Waals surface area contributed by atoms with Gasteiger partial charge in [-0.2, -0.15) is 0 Å². The highest BCUT2D eigenvalue weighted by atomic mass is 16.2. The summed E-state index contributed by atoms with van der Waals surface area (Å²) in [5.41, 5.74) is 0. The minimum Gasteiger partial charge on any atom is -0.355 e. The number of hydrogen-bond acceptors (Lipinski definition) is 3. The molecular weight excluding hydrogens is 250 g/mol. The van der Waals surface area contributed by atoms with Crippen LogP contribution in [-0.4, -0.2) is 60.5 Å². The molecule has 4 atom stereocenters. The third-order valence-electron chi connectivity index (χ3n) is 5.62. The van der Waals surface area contributed by atoms with Crippen molar-refractivity contribution >= 4 is 5.91 Å². The zero-order valence-electron chi connectivity index (χ0n) is 13.0. The molecule has 0 radical (unpaired) electrons. The van der Waals surface area contributed by atoms with E-state index in [0.717, 1.165) is 43.9 Å². The smallest absolute Gasteiger partial charge is 0.237 e. The van der Waals surface area contributed by atoms with Gasteiger partial charge in [-0.15, -0.1) is 0 Å². The molecule has 3 aliphatic rings. The van der Waals surface area contributed by atoms with E-state index in [1.165, 1.54) is 32.4 Å². The van der Waals surface area contributed by atoms with Gasteiger partial charge in [0.1, 0.15) is 0 Å². The fourth-order valence-electron chi connectivity index (χ4n) is 4.47. The van der Waals surface area contributed by atoms with Gasteiger partial charge in [-0.05, 0) is 44.6 Å². The Balaban J connectivity index is 1.56. The van der Waals surface area contributed by atoms with E-state index in [1.807, 2.05) is 0 Å². The average Bonchev–Trinajstić information content (AvgIpc) is 3.01. The number of carbonyl (C=O) groups excluding carboxylic acids is 1. The van der Waals surface area contributed by atoms with Crippen molar-refractivity contribution in [2.75, 3.05) is 32.7 Å². The topological polar surface area (TPSA) is 35.6 Å². The first kappa shape index (κ1) is 14.3. The first-order chi connectivity index (χ1) is 9.70. The Morgan fingerprint density at radius 1 is 1.30 bits per heavy atom. The van der Waals surface area contributed by atoms with Gasteiger partial charge in [-0.1, -0.05) is 13.3 Å². The summed E-state index contributed by atoms with van der Waals surface area (Å²) in [7, 11) is 0. The highest BCUT2D eigenvalue weighted by Gasteiger charge is 2.48. The van der Waals surface area contributed by atoms with Crippen molar-refractivity contribution in [3.8, 4) is 0 Å². The maximum absolute atomic E-state index is 12.1. The highest BCUT2D eigenvalue weighted by Crippen LogP contribution is 2.40. The molecule has 3 saturated heterocycles. The Bertz CT molecular complexity index is 360. The van der Waals surface area contributed by atoms with E-state index in [2.05, 4.69) is 29.0 Å². The van der Waals surface area contributed by atoms with Crippen LogP contribution in [0.25, 0.3) is 0 Å². The average molecular weight is 279 g/mol. The van der Waals surface area contributed by atoms with E-state index in [4.69, 9.17) is 0 Å². The van der Waals surface area contributed by atoms with Gasteiger partial charge in [-0.25, -0.2) is 0 Å². The molecule has 0 aliphatic carbocycles. The number of nitrogens with zero attached hydrogens (tertiary/aromatic N) is 2. The van der Waals surface area contributed by atoms with E-state index >= 15 is 0 Å². The lowest BCUT2D eigenvalue weighted by atomic mass is 9.90. The van der Waals surface area contributed by atoms with Gasteiger partial charge >= 0.3 is 0 Å². The van der Waals surface area contributed by atoms with Crippen LogP contribution >= 0.6 is 0 Å². The molecule has 3 fully saturated rings. The van der Waals surface area contributed by atoms with Crippen molar-refractivity contribution in [1.82, 2.24) is 15.1 Å². The van der Waals surface area contributed by atoms with Crippen LogP contribution in [0.15, 0.2) is 0 Å². The van der Waals surface area contributed by atoms with Crippen molar-refractivity contribution < 1.29 is 4.79 Å². The predicted octanol–water partition coefficient (Wildman–Crippen LogP) is 1.32. The van der Waals surface area contributed by atoms with E-state index in [0.29, 0.717) is 0 Å². The third-order valence-corrected chi connectivity index (χ3v) is 5.62. The molecular formula is C16H29N3O. The zero-order valence-corrected chi connectivity index (χ0v) is 13.0. The zero-order chi connectivity index (χ0) is 14.1. The lowest BCUT2D eigenvalue weighted by Gasteiger charge is -2.34. The number of fused-ring (bicyclic) bond motifs is 3. The summed E-state index contributed by atoms with van der Waals surface area (Å²) in [5, 5.41) is 3.04. The summed E-state index contributed by atoms with van der Waals surface area (Å²) in [5.74, 6) is 1.84. The molecule has 0 aromatic rings. The minimum atomic E-state index is 0.0455. The lowest BCUT2D eigenvalue weighted by Crippen LogP contribution is -2.46. The second kappa shape index (κ2) is 6.02.